The molecule has 1 aliphatic rings. The van der Waals surface area contributed by atoms with Gasteiger partial charge in [0.05, 0.1) is 41.0 Å². The number of hydrogen-bond donors (Lipinski definition) is 2. The summed E-state index contributed by atoms with van der Waals surface area (Å²) in [6.07, 6.45) is 0. The van der Waals surface area contributed by atoms with Crippen LogP contribution < -0.4 is 11.1 Å². The van der Waals surface area contributed by atoms with Gasteiger partial charge in [0.15, 0.2) is 0 Å². The number of amides is 1. The number of carbonyl (C=O) groups is 1. The second-order valence-electron chi connectivity index (χ2n) is 4.80. The third-order valence-corrected chi connectivity index (χ3v) is 3.71. The molecule has 0 spiro atoms. The van der Waals surface area contributed by atoms with Crippen molar-refractivity contribution in [2.75, 3.05) is 18.5 Å². The summed E-state index contributed by atoms with van der Waals surface area (Å²) >= 11 is 6.00. The van der Waals surface area contributed by atoms with E-state index in [4.69, 9.17) is 27.3 Å². The second kappa shape index (κ2) is 5.17. The average Bonchev–Trinajstić information content (AvgIpc) is 2.73. The summed E-state index contributed by atoms with van der Waals surface area (Å²) in [6.45, 7) is 2.38. The number of nitrogens with two attached hydrogens (primary N) is 1. The maximum atomic E-state index is 12.3. The average molecular weight is 280 g/mol. The Bertz CT molecular complexity index is 555. The van der Waals surface area contributed by atoms with E-state index < -0.39 is 5.41 Å². The predicted octanol–water partition coefficient (Wildman–Crippen LogP) is 1.51. The van der Waals surface area contributed by atoms with Crippen LogP contribution in [0.5, 0.6) is 0 Å². The van der Waals surface area contributed by atoms with Crippen molar-refractivity contribution >= 4 is 23.2 Å². The van der Waals surface area contributed by atoms with E-state index in [0.717, 1.165) is 0 Å². The van der Waals surface area contributed by atoms with Crippen molar-refractivity contribution in [1.29, 1.82) is 5.26 Å². The number of nitrogens with one attached hydrogen (secondary N) is 1. The maximum absolute atomic E-state index is 12.3. The van der Waals surface area contributed by atoms with Crippen LogP contribution in [0.25, 0.3) is 0 Å². The summed E-state index contributed by atoms with van der Waals surface area (Å²) in [7, 11) is 0. The minimum atomic E-state index is -0.786. The first-order valence-corrected chi connectivity index (χ1v) is 6.19. The molecule has 0 radical (unpaired) electrons. The number of nitrogens with zero attached hydrogens (tertiary/aromatic N) is 1. The summed E-state index contributed by atoms with van der Waals surface area (Å²) in [4.78, 5) is 12.3. The van der Waals surface area contributed by atoms with Gasteiger partial charge in [-0.1, -0.05) is 11.6 Å². The Kier molecular flexibility index (Phi) is 3.76. The van der Waals surface area contributed by atoms with Gasteiger partial charge in [-0.3, -0.25) is 4.79 Å². The lowest BCUT2D eigenvalue weighted by Gasteiger charge is -2.25. The van der Waals surface area contributed by atoms with Gasteiger partial charge in [0, 0.05) is 6.04 Å². The van der Waals surface area contributed by atoms with E-state index >= 15 is 0 Å². The molecule has 6 heteroatoms. The van der Waals surface area contributed by atoms with Crippen molar-refractivity contribution in [1.82, 2.24) is 0 Å². The van der Waals surface area contributed by atoms with Crippen LogP contribution >= 0.6 is 11.6 Å². The smallest absolute Gasteiger partial charge is 0.234 e. The molecule has 0 aliphatic carbocycles. The number of benzene rings is 1. The van der Waals surface area contributed by atoms with Crippen molar-refractivity contribution in [2.24, 2.45) is 11.1 Å². The number of rotatable bonds is 2. The zero-order valence-corrected chi connectivity index (χ0v) is 11.2. The van der Waals surface area contributed by atoms with Gasteiger partial charge in [-0.05, 0) is 25.1 Å². The largest absolute Gasteiger partial charge is 0.379 e. The number of anilines is 1. The Morgan fingerprint density at radius 2 is 2.42 bits per heavy atom. The van der Waals surface area contributed by atoms with Crippen molar-refractivity contribution in [3.8, 4) is 6.07 Å². The molecule has 1 saturated heterocycles. The zero-order chi connectivity index (χ0) is 14.0. The standard InChI is InChI=1S/C13H14ClN3O2/c1-13(7-19-6-11(13)16)12(18)17-10-4-8(5-15)2-3-9(10)14/h2-4,11H,6-7,16H2,1H3,(H,17,18). The van der Waals surface area contributed by atoms with Crippen molar-refractivity contribution < 1.29 is 9.53 Å². The normalized spacial score (nSPS) is 25.9. The fourth-order valence-corrected chi connectivity index (χ4v) is 2.04. The molecule has 1 aromatic rings. The summed E-state index contributed by atoms with van der Waals surface area (Å²) in [5.74, 6) is -0.255. The molecule has 3 N–H and O–H groups in total. The molecule has 0 bridgehead atoms. The molecule has 19 heavy (non-hydrogen) atoms. The van der Waals surface area contributed by atoms with Crippen LogP contribution in [0.2, 0.25) is 5.02 Å². The van der Waals surface area contributed by atoms with E-state index in [1.807, 2.05) is 6.07 Å². The number of halogens is 1. The van der Waals surface area contributed by atoms with E-state index in [1.165, 1.54) is 6.07 Å². The Morgan fingerprint density at radius 1 is 1.68 bits per heavy atom. The first-order valence-electron chi connectivity index (χ1n) is 5.82. The van der Waals surface area contributed by atoms with Crippen LogP contribution in [0.3, 0.4) is 0 Å². The minimum absolute atomic E-state index is 0.255. The zero-order valence-electron chi connectivity index (χ0n) is 10.4. The molecule has 5 nitrogen and oxygen atoms in total. The number of ether oxygens (including phenoxy) is 1. The van der Waals surface area contributed by atoms with E-state index in [-0.39, 0.29) is 18.6 Å². The van der Waals surface area contributed by atoms with Gasteiger partial charge >= 0.3 is 0 Å². The maximum Gasteiger partial charge on any atom is 0.234 e. The first kappa shape index (κ1) is 13.8. The van der Waals surface area contributed by atoms with E-state index in [0.29, 0.717) is 22.9 Å². The molecule has 1 aliphatic heterocycles. The lowest BCUT2D eigenvalue weighted by molar-refractivity contribution is -0.125. The van der Waals surface area contributed by atoms with Crippen LogP contribution in [0.4, 0.5) is 5.69 Å². The quantitative estimate of drug-likeness (QED) is 0.859. The highest BCUT2D eigenvalue weighted by Crippen LogP contribution is 2.30. The van der Waals surface area contributed by atoms with Gasteiger partial charge in [0.2, 0.25) is 5.91 Å². The SMILES string of the molecule is CC1(C(=O)Nc2cc(C#N)ccc2Cl)COCC1N. The summed E-state index contributed by atoms with van der Waals surface area (Å²) in [5.41, 5.74) is 5.94. The third-order valence-electron chi connectivity index (χ3n) is 3.38. The number of carbonyl (C=O) groups excluding carboxylic acids is 1. The lowest BCUT2D eigenvalue weighted by atomic mass is 9.85. The van der Waals surface area contributed by atoms with Crippen LogP contribution in [0.1, 0.15) is 12.5 Å². The van der Waals surface area contributed by atoms with Crippen LogP contribution in [-0.2, 0) is 9.53 Å². The fraction of sp³-hybridized carbons (Fsp3) is 0.385. The molecule has 2 unspecified atom stereocenters. The highest BCUT2D eigenvalue weighted by atomic mass is 35.5. The van der Waals surface area contributed by atoms with E-state index in [2.05, 4.69) is 5.32 Å². The van der Waals surface area contributed by atoms with Gasteiger partial charge < -0.3 is 15.8 Å². The topological polar surface area (TPSA) is 88.1 Å². The Balaban J connectivity index is 2.22. The minimum Gasteiger partial charge on any atom is -0.379 e. The molecule has 1 fully saturated rings. The Morgan fingerprint density at radius 3 is 3.00 bits per heavy atom. The third kappa shape index (κ3) is 2.56. The molecular formula is C13H14ClN3O2. The number of hydrogen-bond acceptors (Lipinski definition) is 4. The molecule has 2 rings (SSSR count). The summed E-state index contributed by atoms with van der Waals surface area (Å²) < 4.78 is 5.24. The van der Waals surface area contributed by atoms with Gasteiger partial charge in [-0.15, -0.1) is 0 Å². The van der Waals surface area contributed by atoms with Crippen LogP contribution in [0.15, 0.2) is 18.2 Å². The first-order chi connectivity index (χ1) is 8.97. The van der Waals surface area contributed by atoms with Crippen molar-refractivity contribution in [3.05, 3.63) is 28.8 Å². The molecule has 0 aromatic heterocycles. The van der Waals surface area contributed by atoms with E-state index in [1.54, 1.807) is 19.1 Å². The monoisotopic (exact) mass is 279 g/mol. The van der Waals surface area contributed by atoms with Crippen molar-refractivity contribution in [3.63, 3.8) is 0 Å². The van der Waals surface area contributed by atoms with Crippen LogP contribution in [0, 0.1) is 16.7 Å². The molecular weight excluding hydrogens is 266 g/mol. The highest BCUT2D eigenvalue weighted by Gasteiger charge is 2.44. The molecule has 1 aromatic carbocycles. The predicted molar refractivity (Wildman–Crippen MR) is 71.7 cm³/mol. The number of nitriles is 1. The lowest BCUT2D eigenvalue weighted by Crippen LogP contribution is -2.47. The molecule has 1 amide bonds. The fourth-order valence-electron chi connectivity index (χ4n) is 1.88. The Hall–Kier alpha value is -1.61. The molecule has 2 atom stereocenters. The molecule has 100 valence electrons. The van der Waals surface area contributed by atoms with Gasteiger partial charge in [0.25, 0.3) is 0 Å². The van der Waals surface area contributed by atoms with Gasteiger partial charge in [-0.2, -0.15) is 5.26 Å². The summed E-state index contributed by atoms with van der Waals surface area (Å²) in [5, 5.41) is 11.9. The van der Waals surface area contributed by atoms with Crippen molar-refractivity contribution in [2.45, 2.75) is 13.0 Å². The summed E-state index contributed by atoms with van der Waals surface area (Å²) in [6, 6.07) is 6.33. The second-order valence-corrected chi connectivity index (χ2v) is 5.21. The molecule has 1 heterocycles. The Labute approximate surface area is 116 Å². The van der Waals surface area contributed by atoms with Gasteiger partial charge in [-0.25, -0.2) is 0 Å². The van der Waals surface area contributed by atoms with Crippen LogP contribution in [-0.4, -0.2) is 25.2 Å². The highest BCUT2D eigenvalue weighted by molar-refractivity contribution is 6.33. The van der Waals surface area contributed by atoms with E-state index in [9.17, 15) is 4.79 Å². The van der Waals surface area contributed by atoms with Gasteiger partial charge in [0.1, 0.15) is 0 Å². The molecule has 0 saturated carbocycles.